The number of imidazole rings is 1. The molecule has 2 amide bonds. The summed E-state index contributed by atoms with van der Waals surface area (Å²) < 4.78 is 16.2. The Morgan fingerprint density at radius 2 is 1.66 bits per heavy atom. The second-order valence-corrected chi connectivity index (χ2v) is 8.47. The van der Waals surface area contributed by atoms with Crippen LogP contribution in [0.1, 0.15) is 35.2 Å². The fraction of sp³-hybridized carbons (Fsp3) is 0.179. The summed E-state index contributed by atoms with van der Waals surface area (Å²) in [7, 11) is 0. The number of carbonyl (C=O) groups excluding carboxylic acids is 1. The van der Waals surface area contributed by atoms with Gasteiger partial charge in [-0.2, -0.15) is 0 Å². The van der Waals surface area contributed by atoms with Gasteiger partial charge in [-0.05, 0) is 35.2 Å². The smallest absolute Gasteiger partial charge is 0.323 e. The van der Waals surface area contributed by atoms with Crippen LogP contribution >= 0.6 is 0 Å². The number of urea groups is 1. The van der Waals surface area contributed by atoms with Crippen LogP contribution in [0.5, 0.6) is 0 Å². The van der Waals surface area contributed by atoms with Gasteiger partial charge in [0.2, 0.25) is 0 Å². The Labute approximate surface area is 203 Å². The quantitative estimate of drug-likeness (QED) is 0.379. The molecule has 1 aliphatic rings. The molecular weight excluding hydrogens is 441 g/mol. The van der Waals surface area contributed by atoms with Gasteiger partial charge in [0.1, 0.15) is 23.7 Å². The minimum atomic E-state index is -0.504. The van der Waals surface area contributed by atoms with Crippen LogP contribution in [-0.4, -0.2) is 32.9 Å². The van der Waals surface area contributed by atoms with Crippen molar-refractivity contribution < 1.29 is 9.18 Å². The maximum atomic E-state index is 14.2. The largest absolute Gasteiger partial charge is 0.337 e. The molecule has 4 aromatic rings. The Kier molecular flexibility index (Phi) is 6.66. The van der Waals surface area contributed by atoms with Crippen molar-refractivity contribution in [3.63, 3.8) is 0 Å². The highest BCUT2D eigenvalue weighted by Crippen LogP contribution is 2.32. The van der Waals surface area contributed by atoms with Gasteiger partial charge in [-0.25, -0.2) is 14.2 Å². The molecule has 1 unspecified atom stereocenters. The normalized spacial score (nSPS) is 16.7. The lowest BCUT2D eigenvalue weighted by Crippen LogP contribution is -2.31. The summed E-state index contributed by atoms with van der Waals surface area (Å²) in [6.07, 6.45) is 6.11. The lowest BCUT2D eigenvalue weighted by atomic mass is 9.98. The first kappa shape index (κ1) is 22.5. The average molecular weight is 468 g/mol. The number of hydrogen-bond donors (Lipinski definition) is 1. The lowest BCUT2D eigenvalue weighted by molar-refractivity contribution is 0.204. The van der Waals surface area contributed by atoms with E-state index >= 15 is 0 Å². The number of aromatic nitrogens is 2. The number of aliphatic imine (C=N–C) groups is 1. The fourth-order valence-corrected chi connectivity index (χ4v) is 4.46. The maximum absolute atomic E-state index is 14.2. The Morgan fingerprint density at radius 3 is 2.29 bits per heavy atom. The number of carbonyl (C=O) groups is 1. The molecule has 1 fully saturated rings. The van der Waals surface area contributed by atoms with E-state index in [2.05, 4.69) is 10.3 Å². The Balaban J connectivity index is 1.51. The summed E-state index contributed by atoms with van der Waals surface area (Å²) in [5.41, 5.74) is 2.71. The molecule has 1 N–H and O–H groups in total. The third-order valence-corrected chi connectivity index (χ3v) is 6.10. The van der Waals surface area contributed by atoms with Crippen LogP contribution in [0.25, 0.3) is 0 Å². The third kappa shape index (κ3) is 5.14. The first-order chi connectivity index (χ1) is 17.2. The summed E-state index contributed by atoms with van der Waals surface area (Å²) in [4.78, 5) is 24.0. The maximum Gasteiger partial charge on any atom is 0.323 e. The van der Waals surface area contributed by atoms with E-state index in [0.29, 0.717) is 17.9 Å². The summed E-state index contributed by atoms with van der Waals surface area (Å²) in [6, 6.07) is 25.3. The van der Waals surface area contributed by atoms with Crippen LogP contribution in [-0.2, 0) is 6.54 Å². The Hall–Kier alpha value is -4.26. The minimum absolute atomic E-state index is 0.233. The molecule has 176 valence electrons. The van der Waals surface area contributed by atoms with Crippen molar-refractivity contribution in [2.24, 2.45) is 4.99 Å². The summed E-state index contributed by atoms with van der Waals surface area (Å²) >= 11 is 0. The van der Waals surface area contributed by atoms with Crippen molar-refractivity contribution in [3.05, 3.63) is 126 Å². The molecule has 0 radical (unpaired) electrons. The fourth-order valence-electron chi connectivity index (χ4n) is 4.46. The van der Waals surface area contributed by atoms with E-state index < -0.39 is 6.04 Å². The molecule has 5 rings (SSSR count). The highest BCUT2D eigenvalue weighted by atomic mass is 19.1. The van der Waals surface area contributed by atoms with Gasteiger partial charge in [-0.3, -0.25) is 10.3 Å². The third-order valence-electron chi connectivity index (χ3n) is 6.10. The standard InChI is InChI=1S/C28H26FN5O/c29-24-14-7-13-23(19-24)26-27(32-28(35)34(26)17-8-16-33-18-15-30-20-33)31-25(21-9-3-1-4-10-21)22-11-5-2-6-12-22/h1-7,9-15,18-20,25-26H,8,16-17H2,(H,31,32,35). The van der Waals surface area contributed by atoms with E-state index in [-0.39, 0.29) is 17.9 Å². The lowest BCUT2D eigenvalue weighted by Gasteiger charge is -2.24. The Bertz CT molecular complexity index is 1250. The molecular formula is C28H26FN5O. The molecule has 35 heavy (non-hydrogen) atoms. The van der Waals surface area contributed by atoms with Crippen molar-refractivity contribution in [1.29, 1.82) is 0 Å². The highest BCUT2D eigenvalue weighted by molar-refractivity contribution is 6.07. The number of halogens is 1. The van der Waals surface area contributed by atoms with Crippen molar-refractivity contribution >= 4 is 11.9 Å². The van der Waals surface area contributed by atoms with Crippen LogP contribution in [0.15, 0.2) is 109 Å². The van der Waals surface area contributed by atoms with Gasteiger partial charge in [-0.1, -0.05) is 72.8 Å². The number of hydrogen-bond acceptors (Lipinski definition) is 3. The van der Waals surface area contributed by atoms with E-state index in [0.717, 1.165) is 24.1 Å². The number of amidine groups is 1. The summed E-state index contributed by atoms with van der Waals surface area (Å²) in [5.74, 6) is 0.170. The van der Waals surface area contributed by atoms with Crippen molar-refractivity contribution in [2.75, 3.05) is 6.54 Å². The predicted octanol–water partition coefficient (Wildman–Crippen LogP) is 5.37. The average Bonchev–Trinajstić information content (AvgIpc) is 3.51. The monoisotopic (exact) mass is 467 g/mol. The number of nitrogens with zero attached hydrogens (tertiary/aromatic N) is 4. The number of nitrogens with one attached hydrogen (secondary N) is 1. The van der Waals surface area contributed by atoms with Crippen molar-refractivity contribution in [3.8, 4) is 0 Å². The van der Waals surface area contributed by atoms with Gasteiger partial charge in [0.15, 0.2) is 0 Å². The van der Waals surface area contributed by atoms with E-state index in [1.165, 1.54) is 12.1 Å². The molecule has 0 saturated carbocycles. The zero-order valence-electron chi connectivity index (χ0n) is 19.2. The molecule has 1 aromatic heterocycles. The SMILES string of the molecule is O=C1NC(=NC(c2ccccc2)c2ccccc2)C(c2cccc(F)c2)N1CCCn1ccnc1. The number of aryl methyl sites for hydroxylation is 1. The second kappa shape index (κ2) is 10.3. The molecule has 1 aliphatic heterocycles. The highest BCUT2D eigenvalue weighted by Gasteiger charge is 2.38. The minimum Gasteiger partial charge on any atom is -0.337 e. The number of benzene rings is 3. The molecule has 2 heterocycles. The molecule has 3 aromatic carbocycles. The topological polar surface area (TPSA) is 62.5 Å². The van der Waals surface area contributed by atoms with E-state index in [9.17, 15) is 9.18 Å². The molecule has 1 atom stereocenters. The van der Waals surface area contributed by atoms with E-state index in [1.54, 1.807) is 23.5 Å². The molecule has 7 heteroatoms. The van der Waals surface area contributed by atoms with Crippen LogP contribution in [0.2, 0.25) is 0 Å². The first-order valence-electron chi connectivity index (χ1n) is 11.7. The Morgan fingerprint density at radius 1 is 0.943 bits per heavy atom. The molecule has 0 bridgehead atoms. The van der Waals surface area contributed by atoms with Crippen LogP contribution < -0.4 is 5.32 Å². The first-order valence-corrected chi connectivity index (χ1v) is 11.7. The number of rotatable bonds is 8. The van der Waals surface area contributed by atoms with Gasteiger partial charge >= 0.3 is 6.03 Å². The van der Waals surface area contributed by atoms with Crippen LogP contribution in [0.4, 0.5) is 9.18 Å². The summed E-state index contributed by atoms with van der Waals surface area (Å²) in [5, 5.41) is 2.98. The zero-order chi connectivity index (χ0) is 24.0. The molecule has 1 saturated heterocycles. The van der Waals surface area contributed by atoms with Crippen molar-refractivity contribution in [2.45, 2.75) is 25.0 Å². The van der Waals surface area contributed by atoms with E-state index in [4.69, 9.17) is 4.99 Å². The van der Waals surface area contributed by atoms with Crippen molar-refractivity contribution in [1.82, 2.24) is 19.8 Å². The summed E-state index contributed by atoms with van der Waals surface area (Å²) in [6.45, 7) is 1.22. The predicted molar refractivity (Wildman–Crippen MR) is 133 cm³/mol. The van der Waals surface area contributed by atoms with Crippen LogP contribution in [0, 0.1) is 5.82 Å². The molecule has 0 spiro atoms. The van der Waals surface area contributed by atoms with Gasteiger partial charge in [0, 0.05) is 25.5 Å². The van der Waals surface area contributed by atoms with Crippen LogP contribution in [0.3, 0.4) is 0 Å². The zero-order valence-corrected chi connectivity index (χ0v) is 19.2. The van der Waals surface area contributed by atoms with Gasteiger partial charge in [0.05, 0.1) is 6.33 Å². The molecule has 6 nitrogen and oxygen atoms in total. The van der Waals surface area contributed by atoms with E-state index in [1.807, 2.05) is 77.5 Å². The second-order valence-electron chi connectivity index (χ2n) is 8.47. The number of amides is 2. The van der Waals surface area contributed by atoms with Gasteiger partial charge in [0.25, 0.3) is 0 Å². The van der Waals surface area contributed by atoms with Gasteiger partial charge < -0.3 is 9.47 Å². The van der Waals surface area contributed by atoms with Gasteiger partial charge in [-0.15, -0.1) is 0 Å². The molecule has 0 aliphatic carbocycles.